The van der Waals surface area contributed by atoms with Gasteiger partial charge in [-0.05, 0) is 24.6 Å². The number of amides is 1. The number of nitrogens with one attached hydrogen (secondary N) is 1. The van der Waals surface area contributed by atoms with Crippen LogP contribution in [0.2, 0.25) is 0 Å². The second-order valence-corrected chi connectivity index (χ2v) is 7.04. The predicted octanol–water partition coefficient (Wildman–Crippen LogP) is 3.34. The Morgan fingerprint density at radius 3 is 2.58 bits per heavy atom. The molecule has 0 saturated carbocycles. The molecule has 0 saturated heterocycles. The van der Waals surface area contributed by atoms with Gasteiger partial charge in [-0.1, -0.05) is 0 Å². The third-order valence-electron chi connectivity index (χ3n) is 4.76. The highest BCUT2D eigenvalue weighted by Crippen LogP contribution is 2.32. The summed E-state index contributed by atoms with van der Waals surface area (Å²) >= 11 is 0. The first-order valence-corrected chi connectivity index (χ1v) is 9.69. The number of non-ortho nitro benzene ring substituents is 1. The van der Waals surface area contributed by atoms with Crippen LogP contribution in [0, 0.1) is 10.1 Å². The first-order valence-electron chi connectivity index (χ1n) is 9.69. The third kappa shape index (κ3) is 4.81. The van der Waals surface area contributed by atoms with Gasteiger partial charge in [0.2, 0.25) is 0 Å². The number of carbonyl (C=O) groups is 1. The van der Waals surface area contributed by atoms with Gasteiger partial charge in [0.25, 0.3) is 11.6 Å². The lowest BCUT2D eigenvalue weighted by Gasteiger charge is -2.11. The van der Waals surface area contributed by atoms with Crippen LogP contribution >= 0.6 is 0 Å². The first-order chi connectivity index (χ1) is 15.7. The van der Waals surface area contributed by atoms with E-state index in [4.69, 9.17) is 0 Å². The van der Waals surface area contributed by atoms with Gasteiger partial charge in [-0.3, -0.25) is 14.9 Å². The molecular weight excluding hydrogens is 443 g/mol. The van der Waals surface area contributed by atoms with Crippen LogP contribution < -0.4 is 5.32 Å². The molecule has 0 bridgehead atoms. The largest absolute Gasteiger partial charge is 0.433 e. The summed E-state index contributed by atoms with van der Waals surface area (Å²) in [4.78, 5) is 30.7. The molecule has 0 unspecified atom stereocenters. The van der Waals surface area contributed by atoms with Crippen molar-refractivity contribution < 1.29 is 22.9 Å². The molecule has 33 heavy (non-hydrogen) atoms. The highest BCUT2D eigenvalue weighted by Gasteiger charge is 2.35. The van der Waals surface area contributed by atoms with Crippen molar-refractivity contribution in [2.75, 3.05) is 6.54 Å². The Balaban J connectivity index is 1.59. The average molecular weight is 459 g/mol. The molecule has 0 aliphatic heterocycles. The van der Waals surface area contributed by atoms with Gasteiger partial charge >= 0.3 is 6.18 Å². The highest BCUT2D eigenvalue weighted by atomic mass is 19.4. The van der Waals surface area contributed by atoms with E-state index in [1.807, 2.05) is 4.57 Å². The summed E-state index contributed by atoms with van der Waals surface area (Å²) in [5.41, 5.74) is -1.53. The molecule has 13 heteroatoms. The van der Waals surface area contributed by atoms with E-state index >= 15 is 0 Å². The molecule has 1 aromatic carbocycles. The lowest BCUT2D eigenvalue weighted by Crippen LogP contribution is -2.25. The number of benzene rings is 1. The number of halogens is 3. The Labute approximate surface area is 183 Å². The van der Waals surface area contributed by atoms with Gasteiger partial charge < -0.3 is 9.88 Å². The van der Waals surface area contributed by atoms with Gasteiger partial charge in [-0.25, -0.2) is 14.5 Å². The Hall–Kier alpha value is -4.29. The molecular formula is C20H16F3N7O3. The van der Waals surface area contributed by atoms with Crippen molar-refractivity contribution in [3.63, 3.8) is 0 Å². The zero-order valence-corrected chi connectivity index (χ0v) is 16.9. The topological polar surface area (TPSA) is 120 Å². The van der Waals surface area contributed by atoms with Crippen LogP contribution in [0.3, 0.4) is 0 Å². The minimum Gasteiger partial charge on any atom is -0.351 e. The molecule has 170 valence electrons. The lowest BCUT2D eigenvalue weighted by atomic mass is 10.1. The summed E-state index contributed by atoms with van der Waals surface area (Å²) in [6, 6.07) is 6.91. The monoisotopic (exact) mass is 459 g/mol. The molecule has 1 amide bonds. The molecule has 0 aliphatic carbocycles. The fourth-order valence-corrected chi connectivity index (χ4v) is 3.16. The maximum Gasteiger partial charge on any atom is 0.433 e. The maximum atomic E-state index is 13.7. The predicted molar refractivity (Wildman–Crippen MR) is 109 cm³/mol. The highest BCUT2D eigenvalue weighted by molar-refractivity contribution is 5.93. The number of imidazole rings is 1. The van der Waals surface area contributed by atoms with Crippen molar-refractivity contribution in [3.05, 3.63) is 76.6 Å². The van der Waals surface area contributed by atoms with Crippen LogP contribution in [0.15, 0.2) is 55.1 Å². The minimum atomic E-state index is -4.78. The molecule has 0 fully saturated rings. The zero-order chi connectivity index (χ0) is 23.6. The van der Waals surface area contributed by atoms with E-state index in [0.29, 0.717) is 24.0 Å². The van der Waals surface area contributed by atoms with Gasteiger partial charge in [0.15, 0.2) is 17.0 Å². The van der Waals surface area contributed by atoms with E-state index in [9.17, 15) is 28.1 Å². The fraction of sp³-hybridized carbons (Fsp3) is 0.200. The maximum absolute atomic E-state index is 13.7. The quantitative estimate of drug-likeness (QED) is 0.257. The van der Waals surface area contributed by atoms with E-state index in [-0.39, 0.29) is 28.3 Å². The van der Waals surface area contributed by atoms with E-state index in [1.165, 1.54) is 24.3 Å². The minimum absolute atomic E-state index is 0.0584. The second-order valence-electron chi connectivity index (χ2n) is 7.04. The van der Waals surface area contributed by atoms with Crippen molar-refractivity contribution in [1.29, 1.82) is 0 Å². The lowest BCUT2D eigenvalue weighted by molar-refractivity contribution is -0.384. The number of rotatable bonds is 7. The number of alkyl halides is 3. The molecule has 4 aromatic rings. The smallest absolute Gasteiger partial charge is 0.351 e. The van der Waals surface area contributed by atoms with Gasteiger partial charge in [-0.15, -0.1) is 0 Å². The Kier molecular flexibility index (Phi) is 5.77. The second kappa shape index (κ2) is 8.68. The van der Waals surface area contributed by atoms with Crippen LogP contribution in [0.25, 0.3) is 16.9 Å². The Morgan fingerprint density at radius 2 is 1.94 bits per heavy atom. The molecule has 3 aromatic heterocycles. The number of hydrogen-bond donors (Lipinski definition) is 1. The standard InChI is InChI=1S/C20H16F3N7O3/c21-20(22,23)17-10-15(13-2-4-14(5-3-13)30(32)33)26-18-11-16(27-29(17)18)19(31)25-6-1-8-28-9-7-24-12-28/h2-5,7,9-12H,1,6,8H2,(H,25,31). The number of nitro groups is 1. The number of fused-ring (bicyclic) bond motifs is 1. The number of hydrogen-bond acceptors (Lipinski definition) is 6. The summed E-state index contributed by atoms with van der Waals surface area (Å²) in [5.74, 6) is -0.629. The summed E-state index contributed by atoms with van der Waals surface area (Å²) in [5, 5.41) is 17.2. The molecule has 1 N–H and O–H groups in total. The van der Waals surface area contributed by atoms with Crippen molar-refractivity contribution in [3.8, 4) is 11.3 Å². The first kappa shape index (κ1) is 21.9. The molecule has 3 heterocycles. The number of aromatic nitrogens is 5. The average Bonchev–Trinajstić information content (AvgIpc) is 3.45. The summed E-state index contributed by atoms with van der Waals surface area (Å²) in [7, 11) is 0. The van der Waals surface area contributed by atoms with Gasteiger partial charge in [0.05, 0.1) is 16.9 Å². The SMILES string of the molecule is O=C(NCCCn1ccnc1)c1cc2nc(-c3ccc([N+](=O)[O-])cc3)cc(C(F)(F)F)n2n1. The zero-order valence-electron chi connectivity index (χ0n) is 16.9. The van der Waals surface area contributed by atoms with E-state index in [0.717, 1.165) is 12.1 Å². The molecule has 10 nitrogen and oxygen atoms in total. The molecule has 4 rings (SSSR count). The summed E-state index contributed by atoms with van der Waals surface area (Å²) < 4.78 is 43.5. The normalized spacial score (nSPS) is 11.6. The third-order valence-corrected chi connectivity index (χ3v) is 4.76. The van der Waals surface area contributed by atoms with Crippen LogP contribution in [-0.4, -0.2) is 41.5 Å². The van der Waals surface area contributed by atoms with Crippen LogP contribution in [0.1, 0.15) is 22.6 Å². The van der Waals surface area contributed by atoms with Gasteiger partial charge in [0, 0.05) is 49.2 Å². The van der Waals surface area contributed by atoms with Crippen molar-refractivity contribution in [1.82, 2.24) is 29.5 Å². The summed E-state index contributed by atoms with van der Waals surface area (Å²) in [6.07, 6.45) is 0.853. The Morgan fingerprint density at radius 1 is 1.18 bits per heavy atom. The van der Waals surface area contributed by atoms with Crippen LogP contribution in [0.5, 0.6) is 0 Å². The van der Waals surface area contributed by atoms with Crippen molar-refractivity contribution in [2.24, 2.45) is 0 Å². The van der Waals surface area contributed by atoms with Crippen LogP contribution in [0.4, 0.5) is 18.9 Å². The van der Waals surface area contributed by atoms with Crippen molar-refractivity contribution >= 4 is 17.2 Å². The fourth-order valence-electron chi connectivity index (χ4n) is 3.16. The Bertz CT molecular complexity index is 1300. The van der Waals surface area contributed by atoms with Gasteiger partial charge in [-0.2, -0.15) is 18.3 Å². The number of nitro benzene ring substituents is 1. The van der Waals surface area contributed by atoms with Crippen LogP contribution in [-0.2, 0) is 12.7 Å². The molecule has 0 radical (unpaired) electrons. The number of carbonyl (C=O) groups excluding carboxylic acids is 1. The molecule has 0 atom stereocenters. The van der Waals surface area contributed by atoms with Crippen molar-refractivity contribution in [2.45, 2.75) is 19.1 Å². The number of nitrogens with zero attached hydrogens (tertiary/aromatic N) is 6. The molecule has 0 aliphatic rings. The summed E-state index contributed by atoms with van der Waals surface area (Å²) in [6.45, 7) is 0.905. The van der Waals surface area contributed by atoms with E-state index in [1.54, 1.807) is 18.7 Å². The molecule has 0 spiro atoms. The van der Waals surface area contributed by atoms with Gasteiger partial charge in [0.1, 0.15) is 0 Å². The van der Waals surface area contributed by atoms with E-state index < -0.39 is 22.7 Å². The number of aryl methyl sites for hydroxylation is 1. The van der Waals surface area contributed by atoms with E-state index in [2.05, 4.69) is 20.4 Å².